The van der Waals surface area contributed by atoms with E-state index >= 15 is 0 Å². The predicted octanol–water partition coefficient (Wildman–Crippen LogP) is 2.25. The third-order valence-electron chi connectivity index (χ3n) is 3.99. The summed E-state index contributed by atoms with van der Waals surface area (Å²) >= 11 is 2.19. The average Bonchev–Trinajstić information content (AvgIpc) is 2.69. The third-order valence-corrected chi connectivity index (χ3v) is 4.66. The summed E-state index contributed by atoms with van der Waals surface area (Å²) in [5.41, 5.74) is 1.82. The van der Waals surface area contributed by atoms with E-state index in [-0.39, 0.29) is 5.69 Å². The molecule has 1 atom stereocenters. The number of para-hydroxylation sites is 1. The smallest absolute Gasteiger partial charge is 0.270 e. The fourth-order valence-electron chi connectivity index (χ4n) is 2.58. The molecule has 2 aromatic carbocycles. The standard InChI is InChI=1S/C20H18IN3O3/c21-15-6-3-4-13(10-15)11-22-19(26)18(12-25)24-20(27)17-9-8-14-5-1-2-7-16(14)23-17/h1-10,18,25H,11-12H2,(H,22,26)(H,24,27). The molecule has 0 saturated heterocycles. The van der Waals surface area contributed by atoms with Crippen LogP contribution in [0, 0.1) is 3.57 Å². The van der Waals surface area contributed by atoms with E-state index in [4.69, 9.17) is 0 Å². The fraction of sp³-hybridized carbons (Fsp3) is 0.150. The van der Waals surface area contributed by atoms with Crippen LogP contribution in [0.3, 0.4) is 0 Å². The number of halogens is 1. The van der Waals surface area contributed by atoms with Crippen LogP contribution in [0.2, 0.25) is 0 Å². The first-order valence-corrected chi connectivity index (χ1v) is 9.44. The number of hydrogen-bond acceptors (Lipinski definition) is 4. The van der Waals surface area contributed by atoms with Crippen LogP contribution >= 0.6 is 22.6 Å². The lowest BCUT2D eigenvalue weighted by atomic mass is 10.2. The highest BCUT2D eigenvalue weighted by Gasteiger charge is 2.21. The van der Waals surface area contributed by atoms with Crippen molar-refractivity contribution in [2.75, 3.05) is 6.61 Å². The first-order valence-electron chi connectivity index (χ1n) is 8.36. The number of nitrogens with zero attached hydrogens (tertiary/aromatic N) is 1. The van der Waals surface area contributed by atoms with E-state index < -0.39 is 24.5 Å². The van der Waals surface area contributed by atoms with Crippen molar-refractivity contribution in [3.8, 4) is 0 Å². The number of hydrogen-bond donors (Lipinski definition) is 3. The zero-order valence-corrected chi connectivity index (χ0v) is 16.5. The Morgan fingerprint density at radius 1 is 1.07 bits per heavy atom. The molecule has 0 radical (unpaired) electrons. The first kappa shape index (κ1) is 19.2. The Kier molecular flexibility index (Phi) is 6.36. The van der Waals surface area contributed by atoms with Gasteiger partial charge >= 0.3 is 0 Å². The molecule has 0 spiro atoms. The van der Waals surface area contributed by atoms with Crippen LogP contribution in [0.25, 0.3) is 10.9 Å². The van der Waals surface area contributed by atoms with Crippen molar-refractivity contribution < 1.29 is 14.7 Å². The highest BCUT2D eigenvalue weighted by atomic mass is 127. The van der Waals surface area contributed by atoms with Gasteiger partial charge in [0.2, 0.25) is 5.91 Å². The van der Waals surface area contributed by atoms with Gasteiger partial charge in [0.1, 0.15) is 11.7 Å². The number of aliphatic hydroxyl groups excluding tert-OH is 1. The molecule has 0 bridgehead atoms. The van der Waals surface area contributed by atoms with E-state index in [0.717, 1.165) is 14.5 Å². The molecule has 0 aliphatic rings. The summed E-state index contributed by atoms with van der Waals surface area (Å²) in [7, 11) is 0. The van der Waals surface area contributed by atoms with Crippen molar-refractivity contribution in [1.29, 1.82) is 0 Å². The molecular formula is C20H18IN3O3. The van der Waals surface area contributed by atoms with Crippen LogP contribution in [-0.4, -0.2) is 34.6 Å². The van der Waals surface area contributed by atoms with Gasteiger partial charge in [0.15, 0.2) is 0 Å². The van der Waals surface area contributed by atoms with E-state index in [1.54, 1.807) is 12.1 Å². The van der Waals surface area contributed by atoms with E-state index in [1.165, 1.54) is 0 Å². The van der Waals surface area contributed by atoms with E-state index in [2.05, 4.69) is 38.2 Å². The van der Waals surface area contributed by atoms with Crippen LogP contribution in [0.15, 0.2) is 60.7 Å². The summed E-state index contributed by atoms with van der Waals surface area (Å²) in [4.78, 5) is 29.0. The van der Waals surface area contributed by atoms with Crippen LogP contribution in [0.1, 0.15) is 16.1 Å². The Bertz CT molecular complexity index is 977. The lowest BCUT2D eigenvalue weighted by molar-refractivity contribution is -0.124. The van der Waals surface area contributed by atoms with Crippen molar-refractivity contribution in [2.24, 2.45) is 0 Å². The third kappa shape index (κ3) is 5.01. The Labute approximate surface area is 170 Å². The van der Waals surface area contributed by atoms with Crippen molar-refractivity contribution >= 4 is 45.3 Å². The number of amides is 2. The topological polar surface area (TPSA) is 91.3 Å². The minimum atomic E-state index is -1.05. The second-order valence-electron chi connectivity index (χ2n) is 5.95. The highest BCUT2D eigenvalue weighted by molar-refractivity contribution is 14.1. The van der Waals surface area contributed by atoms with Gasteiger partial charge in [0, 0.05) is 15.5 Å². The van der Waals surface area contributed by atoms with Crippen molar-refractivity contribution in [2.45, 2.75) is 12.6 Å². The van der Waals surface area contributed by atoms with Crippen LogP contribution < -0.4 is 10.6 Å². The maximum Gasteiger partial charge on any atom is 0.270 e. The van der Waals surface area contributed by atoms with Gasteiger partial charge in [-0.1, -0.05) is 36.4 Å². The lowest BCUT2D eigenvalue weighted by Gasteiger charge is -2.16. The van der Waals surface area contributed by atoms with Gasteiger partial charge in [-0.3, -0.25) is 9.59 Å². The Morgan fingerprint density at radius 3 is 2.67 bits per heavy atom. The van der Waals surface area contributed by atoms with Gasteiger partial charge in [0.05, 0.1) is 12.1 Å². The van der Waals surface area contributed by atoms with Crippen LogP contribution in [-0.2, 0) is 11.3 Å². The molecular weight excluding hydrogens is 457 g/mol. The van der Waals surface area contributed by atoms with Gasteiger partial charge in [0.25, 0.3) is 5.91 Å². The van der Waals surface area contributed by atoms with E-state index in [9.17, 15) is 14.7 Å². The summed E-state index contributed by atoms with van der Waals surface area (Å²) < 4.78 is 1.06. The average molecular weight is 475 g/mol. The molecule has 2 amide bonds. The molecule has 27 heavy (non-hydrogen) atoms. The first-order chi connectivity index (χ1) is 13.1. The minimum Gasteiger partial charge on any atom is -0.394 e. The number of pyridine rings is 1. The van der Waals surface area contributed by atoms with Gasteiger partial charge in [-0.15, -0.1) is 0 Å². The molecule has 0 fully saturated rings. The monoisotopic (exact) mass is 475 g/mol. The number of carbonyl (C=O) groups excluding carboxylic acids is 2. The van der Waals surface area contributed by atoms with Crippen LogP contribution in [0.4, 0.5) is 0 Å². The SMILES string of the molecule is O=C(NC(CO)C(=O)NCc1cccc(I)c1)c1ccc2ccccc2n1. The maximum absolute atomic E-state index is 12.4. The summed E-state index contributed by atoms with van der Waals surface area (Å²) in [6.45, 7) is -0.187. The largest absolute Gasteiger partial charge is 0.394 e. The van der Waals surface area contributed by atoms with Gasteiger partial charge in [-0.2, -0.15) is 0 Å². The molecule has 1 aromatic heterocycles. The van der Waals surface area contributed by atoms with Gasteiger partial charge in [-0.25, -0.2) is 4.98 Å². The minimum absolute atomic E-state index is 0.192. The predicted molar refractivity (Wildman–Crippen MR) is 111 cm³/mol. The van der Waals surface area contributed by atoms with Crippen molar-refractivity contribution in [3.63, 3.8) is 0 Å². The number of carbonyl (C=O) groups is 2. The molecule has 0 aliphatic carbocycles. The second kappa shape index (κ2) is 8.92. The van der Waals surface area contributed by atoms with Gasteiger partial charge < -0.3 is 15.7 Å². The summed E-state index contributed by atoms with van der Waals surface area (Å²) in [6.07, 6.45) is 0. The molecule has 6 nitrogen and oxygen atoms in total. The number of aliphatic hydroxyl groups is 1. The summed E-state index contributed by atoms with van der Waals surface area (Å²) in [5.74, 6) is -0.963. The lowest BCUT2D eigenvalue weighted by Crippen LogP contribution is -2.48. The quantitative estimate of drug-likeness (QED) is 0.477. The molecule has 138 valence electrons. The van der Waals surface area contributed by atoms with E-state index in [1.807, 2.05) is 48.5 Å². The maximum atomic E-state index is 12.4. The normalized spacial score (nSPS) is 11.8. The number of fused-ring (bicyclic) bond motifs is 1. The molecule has 0 aliphatic heterocycles. The van der Waals surface area contributed by atoms with E-state index in [0.29, 0.717) is 12.1 Å². The molecule has 3 aromatic rings. The number of aromatic nitrogens is 1. The summed E-state index contributed by atoms with van der Waals surface area (Å²) in [5, 5.41) is 15.7. The van der Waals surface area contributed by atoms with Gasteiger partial charge in [-0.05, 0) is 52.4 Å². The molecule has 1 heterocycles. The number of benzene rings is 2. The fourth-order valence-corrected chi connectivity index (χ4v) is 3.19. The van der Waals surface area contributed by atoms with Crippen molar-refractivity contribution in [1.82, 2.24) is 15.6 Å². The molecule has 3 N–H and O–H groups in total. The second-order valence-corrected chi connectivity index (χ2v) is 7.19. The Balaban J connectivity index is 1.64. The highest BCUT2D eigenvalue weighted by Crippen LogP contribution is 2.12. The summed E-state index contributed by atoms with van der Waals surface area (Å²) in [6, 6.07) is 17.5. The van der Waals surface area contributed by atoms with Crippen LogP contribution in [0.5, 0.6) is 0 Å². The molecule has 3 rings (SSSR count). The zero-order valence-electron chi connectivity index (χ0n) is 14.4. The zero-order chi connectivity index (χ0) is 19.2. The van der Waals surface area contributed by atoms with Crippen molar-refractivity contribution in [3.05, 3.63) is 75.5 Å². The number of nitrogens with one attached hydrogen (secondary N) is 2. The Hall–Kier alpha value is -2.52. The Morgan fingerprint density at radius 2 is 1.89 bits per heavy atom. The number of rotatable bonds is 6. The molecule has 1 unspecified atom stereocenters. The molecule has 0 saturated carbocycles. The molecule has 7 heteroatoms.